The van der Waals surface area contributed by atoms with E-state index in [1.165, 1.54) is 0 Å². The van der Waals surface area contributed by atoms with E-state index in [1.54, 1.807) is 6.20 Å². The Hall–Kier alpha value is -1.31. The zero-order valence-corrected chi connectivity index (χ0v) is 6.91. The highest BCUT2D eigenvalue weighted by molar-refractivity contribution is 5.60. The van der Waals surface area contributed by atoms with Crippen LogP contribution in [0.15, 0.2) is 31.1 Å². The van der Waals surface area contributed by atoms with Crippen molar-refractivity contribution < 1.29 is 0 Å². The van der Waals surface area contributed by atoms with Crippen LogP contribution in [-0.4, -0.2) is 24.0 Å². The third kappa shape index (κ3) is 1.80. The van der Waals surface area contributed by atoms with Gasteiger partial charge in [-0.05, 0) is 12.1 Å². The SMILES string of the molecule is C=C(c1cccnc1)N(C)C. The summed E-state index contributed by atoms with van der Waals surface area (Å²) < 4.78 is 0. The van der Waals surface area contributed by atoms with Crippen LogP contribution >= 0.6 is 0 Å². The van der Waals surface area contributed by atoms with Crippen molar-refractivity contribution in [1.82, 2.24) is 9.88 Å². The van der Waals surface area contributed by atoms with E-state index >= 15 is 0 Å². The van der Waals surface area contributed by atoms with Gasteiger partial charge in [0.2, 0.25) is 0 Å². The van der Waals surface area contributed by atoms with Crippen molar-refractivity contribution in [1.29, 1.82) is 0 Å². The van der Waals surface area contributed by atoms with E-state index in [0.717, 1.165) is 11.3 Å². The van der Waals surface area contributed by atoms with Crippen molar-refractivity contribution in [3.05, 3.63) is 36.7 Å². The van der Waals surface area contributed by atoms with Crippen LogP contribution in [0.1, 0.15) is 5.56 Å². The molecule has 0 fully saturated rings. The van der Waals surface area contributed by atoms with Gasteiger partial charge >= 0.3 is 0 Å². The Balaban J connectivity index is 2.86. The molecular formula is C9H12N2. The predicted octanol–water partition coefficient (Wildman–Crippen LogP) is 1.61. The van der Waals surface area contributed by atoms with Crippen LogP contribution in [0.2, 0.25) is 0 Å². The largest absolute Gasteiger partial charge is 0.378 e. The van der Waals surface area contributed by atoms with Gasteiger partial charge in [-0.3, -0.25) is 4.98 Å². The molecule has 58 valence electrons. The maximum Gasteiger partial charge on any atom is 0.0377 e. The van der Waals surface area contributed by atoms with Crippen LogP contribution in [0.4, 0.5) is 0 Å². The Morgan fingerprint density at radius 2 is 2.27 bits per heavy atom. The second-order valence-electron chi connectivity index (χ2n) is 2.58. The topological polar surface area (TPSA) is 16.1 Å². The maximum absolute atomic E-state index is 4.00. The molecule has 1 aromatic rings. The minimum Gasteiger partial charge on any atom is -0.378 e. The van der Waals surface area contributed by atoms with Crippen molar-refractivity contribution in [2.75, 3.05) is 14.1 Å². The van der Waals surface area contributed by atoms with Gasteiger partial charge in [-0.25, -0.2) is 0 Å². The molecule has 0 bridgehead atoms. The molecular weight excluding hydrogens is 136 g/mol. The minimum absolute atomic E-state index is 0.984. The van der Waals surface area contributed by atoms with Gasteiger partial charge in [-0.2, -0.15) is 0 Å². The van der Waals surface area contributed by atoms with Crippen LogP contribution in [0.3, 0.4) is 0 Å². The molecule has 0 saturated heterocycles. The van der Waals surface area contributed by atoms with Gasteiger partial charge < -0.3 is 4.90 Å². The number of hydrogen-bond donors (Lipinski definition) is 0. The number of nitrogens with zero attached hydrogens (tertiary/aromatic N) is 2. The first-order valence-corrected chi connectivity index (χ1v) is 3.48. The van der Waals surface area contributed by atoms with Crippen LogP contribution in [0.5, 0.6) is 0 Å². The highest BCUT2D eigenvalue weighted by atomic mass is 15.1. The molecule has 1 rings (SSSR count). The summed E-state index contributed by atoms with van der Waals surface area (Å²) >= 11 is 0. The van der Waals surface area contributed by atoms with Crippen molar-refractivity contribution in [2.45, 2.75) is 0 Å². The zero-order chi connectivity index (χ0) is 8.27. The van der Waals surface area contributed by atoms with Gasteiger partial charge in [0.05, 0.1) is 0 Å². The first-order chi connectivity index (χ1) is 5.22. The summed E-state index contributed by atoms with van der Waals surface area (Å²) in [6.07, 6.45) is 3.56. The number of hydrogen-bond acceptors (Lipinski definition) is 2. The quantitative estimate of drug-likeness (QED) is 0.633. The average molecular weight is 148 g/mol. The molecule has 2 nitrogen and oxygen atoms in total. The van der Waals surface area contributed by atoms with Gasteiger partial charge in [0.25, 0.3) is 0 Å². The molecule has 0 N–H and O–H groups in total. The number of rotatable bonds is 2. The van der Waals surface area contributed by atoms with E-state index in [2.05, 4.69) is 11.6 Å². The molecule has 0 unspecified atom stereocenters. The lowest BCUT2D eigenvalue weighted by Gasteiger charge is -2.14. The Morgan fingerprint density at radius 1 is 1.55 bits per heavy atom. The minimum atomic E-state index is 0.984. The first-order valence-electron chi connectivity index (χ1n) is 3.48. The molecule has 0 saturated carbocycles. The van der Waals surface area contributed by atoms with E-state index in [4.69, 9.17) is 0 Å². The first kappa shape index (κ1) is 7.79. The lowest BCUT2D eigenvalue weighted by atomic mass is 10.2. The Bertz CT molecular complexity index is 239. The van der Waals surface area contributed by atoms with Crippen LogP contribution < -0.4 is 0 Å². The van der Waals surface area contributed by atoms with Crippen molar-refractivity contribution in [3.8, 4) is 0 Å². The molecule has 0 aliphatic heterocycles. The summed E-state index contributed by atoms with van der Waals surface area (Å²) in [6, 6.07) is 3.90. The second-order valence-corrected chi connectivity index (χ2v) is 2.58. The lowest BCUT2D eigenvalue weighted by molar-refractivity contribution is 0.593. The van der Waals surface area contributed by atoms with Gasteiger partial charge in [0, 0.05) is 37.7 Å². The zero-order valence-electron chi connectivity index (χ0n) is 6.91. The number of pyridine rings is 1. The summed E-state index contributed by atoms with van der Waals surface area (Å²) in [5.74, 6) is 0. The molecule has 0 amide bonds. The fourth-order valence-corrected chi connectivity index (χ4v) is 0.792. The summed E-state index contributed by atoms with van der Waals surface area (Å²) in [5.41, 5.74) is 2.05. The fourth-order valence-electron chi connectivity index (χ4n) is 0.792. The van der Waals surface area contributed by atoms with Gasteiger partial charge in [0.15, 0.2) is 0 Å². The molecule has 1 heterocycles. The molecule has 0 aliphatic carbocycles. The Morgan fingerprint density at radius 3 is 2.73 bits per heavy atom. The smallest absolute Gasteiger partial charge is 0.0377 e. The molecule has 0 aliphatic rings. The molecule has 0 aromatic carbocycles. The monoisotopic (exact) mass is 148 g/mol. The van der Waals surface area contributed by atoms with Crippen LogP contribution in [0.25, 0.3) is 5.70 Å². The molecule has 1 aromatic heterocycles. The van der Waals surface area contributed by atoms with E-state index in [-0.39, 0.29) is 0 Å². The molecule has 0 radical (unpaired) electrons. The van der Waals surface area contributed by atoms with E-state index in [9.17, 15) is 0 Å². The van der Waals surface area contributed by atoms with Crippen molar-refractivity contribution >= 4 is 5.70 Å². The highest BCUT2D eigenvalue weighted by Gasteiger charge is 1.97. The normalized spacial score (nSPS) is 9.27. The highest BCUT2D eigenvalue weighted by Crippen LogP contribution is 2.11. The fraction of sp³-hybridized carbons (Fsp3) is 0.222. The maximum atomic E-state index is 4.00. The van der Waals surface area contributed by atoms with Gasteiger partial charge in [-0.15, -0.1) is 0 Å². The predicted molar refractivity (Wildman–Crippen MR) is 47.0 cm³/mol. The average Bonchev–Trinajstić information content (AvgIpc) is 2.05. The van der Waals surface area contributed by atoms with Gasteiger partial charge in [0.1, 0.15) is 0 Å². The molecule has 0 atom stereocenters. The lowest BCUT2D eigenvalue weighted by Crippen LogP contribution is -2.08. The summed E-state index contributed by atoms with van der Waals surface area (Å²) in [5, 5.41) is 0. The van der Waals surface area contributed by atoms with E-state index < -0.39 is 0 Å². The van der Waals surface area contributed by atoms with Crippen molar-refractivity contribution in [3.63, 3.8) is 0 Å². The van der Waals surface area contributed by atoms with E-state index in [1.807, 2.05) is 37.3 Å². The summed E-state index contributed by atoms with van der Waals surface area (Å²) in [7, 11) is 3.94. The van der Waals surface area contributed by atoms with Crippen molar-refractivity contribution in [2.24, 2.45) is 0 Å². The third-order valence-electron chi connectivity index (χ3n) is 1.53. The molecule has 11 heavy (non-hydrogen) atoms. The Kier molecular flexibility index (Phi) is 2.26. The van der Waals surface area contributed by atoms with Gasteiger partial charge in [-0.1, -0.05) is 6.58 Å². The summed E-state index contributed by atoms with van der Waals surface area (Å²) in [6.45, 7) is 3.91. The molecule has 2 heteroatoms. The summed E-state index contributed by atoms with van der Waals surface area (Å²) in [4.78, 5) is 5.97. The van der Waals surface area contributed by atoms with E-state index in [0.29, 0.717) is 0 Å². The van der Waals surface area contributed by atoms with Crippen LogP contribution in [0, 0.1) is 0 Å². The molecule has 0 spiro atoms. The number of aromatic nitrogens is 1. The third-order valence-corrected chi connectivity index (χ3v) is 1.53. The Labute approximate surface area is 67.2 Å². The second kappa shape index (κ2) is 3.19. The standard InChI is InChI=1S/C9H12N2/c1-8(11(2)3)9-5-4-6-10-7-9/h4-7H,1H2,2-3H3. The van der Waals surface area contributed by atoms with Crippen LogP contribution in [-0.2, 0) is 0 Å².